The molecule has 2 aliphatic rings. The molecule has 2 fully saturated rings. The van der Waals surface area contributed by atoms with Crippen LogP contribution >= 0.6 is 12.4 Å². The average molecular weight is 406 g/mol. The van der Waals surface area contributed by atoms with E-state index in [1.54, 1.807) is 4.90 Å². The van der Waals surface area contributed by atoms with Crippen molar-refractivity contribution in [1.82, 2.24) is 9.62 Å². The fourth-order valence-corrected chi connectivity index (χ4v) is 4.94. The number of likely N-dealkylation sites (tertiary alicyclic amines) is 1. The second-order valence-electron chi connectivity index (χ2n) is 7.00. The number of nitrogens with one attached hydrogen (secondary N) is 1. The minimum Gasteiger partial charge on any atom is -0.341 e. The van der Waals surface area contributed by atoms with Crippen LogP contribution in [0, 0.1) is 5.82 Å². The number of rotatable bonds is 4. The van der Waals surface area contributed by atoms with Crippen LogP contribution in [0.4, 0.5) is 4.39 Å². The predicted molar refractivity (Wildman–Crippen MR) is 99.0 cm³/mol. The van der Waals surface area contributed by atoms with E-state index in [0.717, 1.165) is 37.8 Å². The number of amides is 1. The van der Waals surface area contributed by atoms with Gasteiger partial charge in [0.05, 0.1) is 10.4 Å². The number of hydrogen-bond donors (Lipinski definition) is 2. The van der Waals surface area contributed by atoms with Crippen LogP contribution in [-0.4, -0.2) is 43.9 Å². The maximum Gasteiger partial charge on any atom is 0.242 e. The molecule has 0 radical (unpaired) electrons. The van der Waals surface area contributed by atoms with Gasteiger partial charge >= 0.3 is 0 Å². The Morgan fingerprint density at radius 3 is 2.23 bits per heavy atom. The quantitative estimate of drug-likeness (QED) is 0.798. The highest BCUT2D eigenvalue weighted by molar-refractivity contribution is 7.89. The van der Waals surface area contributed by atoms with Gasteiger partial charge in [-0.2, -0.15) is 0 Å². The van der Waals surface area contributed by atoms with Crippen molar-refractivity contribution >= 4 is 28.3 Å². The topological polar surface area (TPSA) is 92.5 Å². The van der Waals surface area contributed by atoms with Crippen molar-refractivity contribution in [3.63, 3.8) is 0 Å². The summed E-state index contributed by atoms with van der Waals surface area (Å²) in [5.41, 5.74) is 5.49. The lowest BCUT2D eigenvalue weighted by atomic mass is 9.95. The molecule has 1 aromatic carbocycles. The zero-order chi connectivity index (χ0) is 18.1. The third-order valence-corrected chi connectivity index (χ3v) is 6.69. The first kappa shape index (κ1) is 21.1. The molecule has 1 saturated heterocycles. The van der Waals surface area contributed by atoms with Crippen molar-refractivity contribution in [1.29, 1.82) is 0 Å². The second kappa shape index (κ2) is 8.21. The molecule has 146 valence electrons. The van der Waals surface area contributed by atoms with Gasteiger partial charge in [0.1, 0.15) is 5.82 Å². The smallest absolute Gasteiger partial charge is 0.242 e. The van der Waals surface area contributed by atoms with Gasteiger partial charge in [-0.05, 0) is 49.9 Å². The van der Waals surface area contributed by atoms with E-state index in [1.165, 1.54) is 12.1 Å². The first-order valence-corrected chi connectivity index (χ1v) is 10.1. The number of piperidine rings is 1. The minimum atomic E-state index is -3.69. The average Bonchev–Trinajstić information content (AvgIpc) is 3.03. The third-order valence-electron chi connectivity index (χ3n) is 5.15. The molecule has 1 heterocycles. The van der Waals surface area contributed by atoms with Crippen LogP contribution in [0.1, 0.15) is 38.5 Å². The molecule has 0 bridgehead atoms. The normalized spacial score (nSPS) is 20.6. The monoisotopic (exact) mass is 405 g/mol. The van der Waals surface area contributed by atoms with Crippen molar-refractivity contribution < 1.29 is 17.6 Å². The zero-order valence-corrected chi connectivity index (χ0v) is 16.1. The lowest BCUT2D eigenvalue weighted by molar-refractivity contribution is -0.137. The van der Waals surface area contributed by atoms with Crippen molar-refractivity contribution in [3.8, 4) is 0 Å². The van der Waals surface area contributed by atoms with E-state index in [2.05, 4.69) is 4.72 Å². The Kier molecular flexibility index (Phi) is 6.65. The summed E-state index contributed by atoms with van der Waals surface area (Å²) in [4.78, 5) is 14.4. The molecule has 3 rings (SSSR count). The maximum absolute atomic E-state index is 12.9. The Labute approximate surface area is 159 Å². The summed E-state index contributed by atoms with van der Waals surface area (Å²) in [5.74, 6) is -0.488. The van der Waals surface area contributed by atoms with Crippen LogP contribution in [0.15, 0.2) is 29.2 Å². The SMILES string of the molecule is Cl.NC1(C(=O)N2CCC(NS(=O)(=O)c3ccc(F)cc3)CC2)CCCC1. The molecule has 1 aromatic rings. The summed E-state index contributed by atoms with van der Waals surface area (Å²) < 4.78 is 40.3. The maximum atomic E-state index is 12.9. The van der Waals surface area contributed by atoms with E-state index < -0.39 is 21.4 Å². The molecule has 0 spiro atoms. The molecule has 1 aliphatic carbocycles. The number of benzene rings is 1. The van der Waals surface area contributed by atoms with Crippen LogP contribution in [0.2, 0.25) is 0 Å². The summed E-state index contributed by atoms with van der Waals surface area (Å²) >= 11 is 0. The van der Waals surface area contributed by atoms with E-state index in [1.807, 2.05) is 0 Å². The van der Waals surface area contributed by atoms with E-state index in [0.29, 0.717) is 25.9 Å². The first-order valence-electron chi connectivity index (χ1n) is 8.66. The molecular weight excluding hydrogens is 381 g/mol. The highest BCUT2D eigenvalue weighted by Gasteiger charge is 2.40. The van der Waals surface area contributed by atoms with E-state index in [9.17, 15) is 17.6 Å². The first-order chi connectivity index (χ1) is 11.8. The number of carbonyl (C=O) groups is 1. The molecule has 0 unspecified atom stereocenters. The predicted octanol–water partition coefficient (Wildman–Crippen LogP) is 1.79. The molecular formula is C17H25ClFN3O3S. The standard InChI is InChI=1S/C17H24FN3O3S.ClH/c18-13-3-5-15(6-4-13)25(23,24)20-14-7-11-21(12-8-14)16(22)17(19)9-1-2-10-17;/h3-6,14,20H,1-2,7-12,19H2;1H. The Morgan fingerprint density at radius 1 is 1.15 bits per heavy atom. The van der Waals surface area contributed by atoms with Crippen molar-refractivity contribution in [2.24, 2.45) is 5.73 Å². The number of carbonyl (C=O) groups excluding carboxylic acids is 1. The van der Waals surface area contributed by atoms with Gasteiger partial charge < -0.3 is 10.6 Å². The zero-order valence-electron chi connectivity index (χ0n) is 14.5. The molecule has 3 N–H and O–H groups in total. The third kappa shape index (κ3) is 4.54. The molecule has 1 saturated carbocycles. The molecule has 0 aromatic heterocycles. The van der Waals surface area contributed by atoms with E-state index in [4.69, 9.17) is 5.73 Å². The van der Waals surface area contributed by atoms with Gasteiger partial charge in [0.15, 0.2) is 0 Å². The van der Waals surface area contributed by atoms with Gasteiger partial charge in [-0.25, -0.2) is 17.5 Å². The lowest BCUT2D eigenvalue weighted by Gasteiger charge is -2.36. The molecule has 6 nitrogen and oxygen atoms in total. The van der Waals surface area contributed by atoms with Gasteiger partial charge in [-0.1, -0.05) is 12.8 Å². The number of nitrogens with two attached hydrogens (primary N) is 1. The molecule has 9 heteroatoms. The van der Waals surface area contributed by atoms with Crippen LogP contribution in [0.5, 0.6) is 0 Å². The van der Waals surface area contributed by atoms with Crippen LogP contribution in [0.25, 0.3) is 0 Å². The number of nitrogens with zero attached hydrogens (tertiary/aromatic N) is 1. The van der Waals surface area contributed by atoms with Gasteiger partial charge in [0.2, 0.25) is 15.9 Å². The highest BCUT2D eigenvalue weighted by Crippen LogP contribution is 2.30. The highest BCUT2D eigenvalue weighted by atomic mass is 35.5. The summed E-state index contributed by atoms with van der Waals surface area (Å²) in [5, 5.41) is 0. The van der Waals surface area contributed by atoms with Gasteiger partial charge in [-0.15, -0.1) is 12.4 Å². The largest absolute Gasteiger partial charge is 0.341 e. The van der Waals surface area contributed by atoms with E-state index >= 15 is 0 Å². The summed E-state index contributed by atoms with van der Waals surface area (Å²) in [6.07, 6.45) is 4.50. The summed E-state index contributed by atoms with van der Waals surface area (Å²) in [6, 6.07) is 4.50. The van der Waals surface area contributed by atoms with Crippen LogP contribution in [-0.2, 0) is 14.8 Å². The summed E-state index contributed by atoms with van der Waals surface area (Å²) in [7, 11) is -3.69. The molecule has 1 aliphatic heterocycles. The van der Waals surface area contributed by atoms with Crippen LogP contribution in [0.3, 0.4) is 0 Å². The molecule has 1 amide bonds. The fourth-order valence-electron chi connectivity index (χ4n) is 3.64. The lowest BCUT2D eigenvalue weighted by Crippen LogP contribution is -2.56. The Balaban J connectivity index is 0.00000243. The van der Waals surface area contributed by atoms with E-state index in [-0.39, 0.29) is 29.3 Å². The Bertz CT molecular complexity index is 728. The van der Waals surface area contributed by atoms with Gasteiger partial charge in [0.25, 0.3) is 0 Å². The van der Waals surface area contributed by atoms with Crippen LogP contribution < -0.4 is 10.5 Å². The van der Waals surface area contributed by atoms with Gasteiger partial charge in [-0.3, -0.25) is 4.79 Å². The number of halogens is 2. The Morgan fingerprint density at radius 2 is 1.69 bits per heavy atom. The van der Waals surface area contributed by atoms with Gasteiger partial charge in [0, 0.05) is 19.1 Å². The number of hydrogen-bond acceptors (Lipinski definition) is 4. The Hall–Kier alpha value is -1.22. The minimum absolute atomic E-state index is 0. The van der Waals surface area contributed by atoms with Crippen molar-refractivity contribution in [2.75, 3.05) is 13.1 Å². The molecule has 26 heavy (non-hydrogen) atoms. The fraction of sp³-hybridized carbons (Fsp3) is 0.588. The number of sulfonamides is 1. The van der Waals surface area contributed by atoms with Crippen molar-refractivity contribution in [3.05, 3.63) is 30.1 Å². The second-order valence-corrected chi connectivity index (χ2v) is 8.72. The molecule has 0 atom stereocenters. The summed E-state index contributed by atoms with van der Waals surface area (Å²) in [6.45, 7) is 0.989. The van der Waals surface area contributed by atoms with Crippen molar-refractivity contribution in [2.45, 2.75) is 55.0 Å².